The van der Waals surface area contributed by atoms with E-state index in [1.807, 2.05) is 32.0 Å². The molecule has 2 heterocycles. The van der Waals surface area contributed by atoms with Gasteiger partial charge in [0.15, 0.2) is 0 Å². The Balaban J connectivity index is 2.42. The van der Waals surface area contributed by atoms with E-state index in [9.17, 15) is 0 Å². The smallest absolute Gasteiger partial charge is 0.222 e. The zero-order chi connectivity index (χ0) is 19.1. The van der Waals surface area contributed by atoms with Gasteiger partial charge in [-0.15, -0.1) is 0 Å². The first-order chi connectivity index (χ1) is 12.5. The van der Waals surface area contributed by atoms with E-state index in [0.29, 0.717) is 41.0 Å². The molecule has 0 amide bonds. The Labute approximate surface area is 159 Å². The molecule has 6 nitrogen and oxygen atoms in total. The number of pyridine rings is 2. The Morgan fingerprint density at radius 2 is 2.23 bits per heavy atom. The van der Waals surface area contributed by atoms with Crippen LogP contribution in [0.25, 0.3) is 11.3 Å². The molecule has 0 aromatic carbocycles. The molecule has 0 atom stereocenters. The van der Waals surface area contributed by atoms with Crippen LogP contribution in [-0.4, -0.2) is 34.2 Å². The predicted molar refractivity (Wildman–Crippen MR) is 110 cm³/mol. The molecule has 2 aromatic rings. The Bertz CT molecular complexity index is 844. The van der Waals surface area contributed by atoms with Crippen LogP contribution in [0.15, 0.2) is 36.2 Å². The van der Waals surface area contributed by atoms with Gasteiger partial charge in [0, 0.05) is 28.7 Å². The van der Waals surface area contributed by atoms with Gasteiger partial charge in [0.25, 0.3) is 0 Å². The van der Waals surface area contributed by atoms with Gasteiger partial charge in [0.1, 0.15) is 0 Å². The van der Waals surface area contributed by atoms with Gasteiger partial charge >= 0.3 is 0 Å². The van der Waals surface area contributed by atoms with Crippen LogP contribution in [0.1, 0.15) is 25.1 Å². The third-order valence-electron chi connectivity index (χ3n) is 3.62. The van der Waals surface area contributed by atoms with Gasteiger partial charge in [-0.05, 0) is 50.6 Å². The maximum Gasteiger partial charge on any atom is 0.222 e. The Morgan fingerprint density at radius 1 is 1.46 bits per heavy atom. The van der Waals surface area contributed by atoms with E-state index in [2.05, 4.69) is 15.3 Å². The van der Waals surface area contributed by atoms with Crippen LogP contribution in [-0.2, 0) is 0 Å². The molecule has 7 heteroatoms. The second kappa shape index (κ2) is 9.05. The van der Waals surface area contributed by atoms with Crippen LogP contribution in [0.3, 0.4) is 0 Å². The van der Waals surface area contributed by atoms with Crippen molar-refractivity contribution in [2.75, 3.05) is 18.5 Å². The Morgan fingerprint density at radius 3 is 2.88 bits per heavy atom. The molecule has 2 rings (SSSR count). The number of allylic oxidation sites excluding steroid dienone is 1. The average Bonchev–Trinajstić information content (AvgIpc) is 2.61. The summed E-state index contributed by atoms with van der Waals surface area (Å²) >= 11 is 5.31. The predicted octanol–water partition coefficient (Wildman–Crippen LogP) is 3.49. The lowest BCUT2D eigenvalue weighted by molar-refractivity contribution is 0.328. The second-order valence-corrected chi connectivity index (χ2v) is 6.23. The van der Waals surface area contributed by atoms with Crippen LogP contribution in [0.2, 0.25) is 0 Å². The molecule has 136 valence electrons. The fraction of sp³-hybridized carbons (Fsp3) is 0.263. The van der Waals surface area contributed by atoms with Crippen molar-refractivity contribution >= 4 is 29.0 Å². The minimum absolute atomic E-state index is 0.469. The summed E-state index contributed by atoms with van der Waals surface area (Å²) in [7, 11) is 0. The molecule has 0 radical (unpaired) electrons. The summed E-state index contributed by atoms with van der Waals surface area (Å²) in [6.45, 7) is 6.60. The largest absolute Gasteiger partial charge is 0.477 e. The molecule has 0 aliphatic carbocycles. The summed E-state index contributed by atoms with van der Waals surface area (Å²) in [4.78, 5) is 9.55. The number of aromatic nitrogens is 2. The summed E-state index contributed by atoms with van der Waals surface area (Å²) in [6, 6.07) is 5.66. The summed E-state index contributed by atoms with van der Waals surface area (Å²) in [6.07, 6.45) is 4.67. The first-order valence-electron chi connectivity index (χ1n) is 8.27. The van der Waals surface area contributed by atoms with Crippen molar-refractivity contribution < 1.29 is 4.74 Å². The van der Waals surface area contributed by atoms with Crippen molar-refractivity contribution in [3.8, 4) is 17.1 Å². The van der Waals surface area contributed by atoms with Gasteiger partial charge in [-0.3, -0.25) is 0 Å². The van der Waals surface area contributed by atoms with Crippen molar-refractivity contribution in [2.24, 2.45) is 5.73 Å². The second-order valence-electron chi connectivity index (χ2n) is 5.71. The van der Waals surface area contributed by atoms with E-state index in [4.69, 9.17) is 28.1 Å². The fourth-order valence-electron chi connectivity index (χ4n) is 2.42. The maximum absolute atomic E-state index is 7.67. The minimum atomic E-state index is 0.469. The first kappa shape index (κ1) is 19.5. The number of nitrogens with two attached hydrogens (primary N) is 1. The molecule has 0 aliphatic rings. The summed E-state index contributed by atoms with van der Waals surface area (Å²) < 4.78 is 5.61. The molecule has 0 bridgehead atoms. The van der Waals surface area contributed by atoms with E-state index in [-0.39, 0.29) is 0 Å². The summed E-state index contributed by atoms with van der Waals surface area (Å²) in [5.41, 5.74) is 10.1. The number of nitrogens with zero attached hydrogens (tertiary/aromatic N) is 2. The highest BCUT2D eigenvalue weighted by Gasteiger charge is 2.13. The molecule has 2 aromatic heterocycles. The van der Waals surface area contributed by atoms with Gasteiger partial charge in [0.05, 0.1) is 30.1 Å². The van der Waals surface area contributed by atoms with E-state index in [1.165, 1.54) is 6.21 Å². The maximum atomic E-state index is 7.67. The highest BCUT2D eigenvalue weighted by molar-refractivity contribution is 7.80. The third kappa shape index (κ3) is 4.86. The molecule has 0 fully saturated rings. The van der Waals surface area contributed by atoms with Crippen LogP contribution >= 0.6 is 12.2 Å². The number of thiocarbonyl (C=S) groups is 1. The average molecular weight is 369 g/mol. The zero-order valence-corrected chi connectivity index (χ0v) is 16.0. The molecular weight excluding hydrogens is 346 g/mol. The van der Waals surface area contributed by atoms with Gasteiger partial charge in [-0.2, -0.15) is 0 Å². The SMILES string of the molecule is CCOc1ncccc1-c1cc(NCC(=S)C=C(C)N)c(C)c(C=N)n1. The van der Waals surface area contributed by atoms with Crippen molar-refractivity contribution in [2.45, 2.75) is 20.8 Å². The minimum Gasteiger partial charge on any atom is -0.477 e. The van der Waals surface area contributed by atoms with Crippen LogP contribution in [0.5, 0.6) is 5.88 Å². The zero-order valence-electron chi connectivity index (χ0n) is 15.2. The number of rotatable bonds is 8. The van der Waals surface area contributed by atoms with E-state index in [0.717, 1.165) is 16.8 Å². The van der Waals surface area contributed by atoms with Gasteiger partial charge in [-0.1, -0.05) is 12.2 Å². The van der Waals surface area contributed by atoms with E-state index >= 15 is 0 Å². The highest BCUT2D eigenvalue weighted by atomic mass is 32.1. The Kier molecular flexibility index (Phi) is 6.80. The van der Waals surface area contributed by atoms with E-state index < -0.39 is 0 Å². The quantitative estimate of drug-likeness (QED) is 0.374. The Hall–Kier alpha value is -2.80. The standard InChI is InChI=1S/C19H23N5OS/c1-4-25-19-15(6-5-7-22-19)17-9-16(13(3)18(10-20)24-17)23-11-14(26)8-12(2)21/h5-10,20H,4,11,21H2,1-3H3,(H,23,24). The third-order valence-corrected chi connectivity index (χ3v) is 3.88. The molecule has 26 heavy (non-hydrogen) atoms. The monoisotopic (exact) mass is 369 g/mol. The summed E-state index contributed by atoms with van der Waals surface area (Å²) in [5.74, 6) is 0.519. The molecule has 0 aliphatic heterocycles. The van der Waals surface area contributed by atoms with Crippen LogP contribution < -0.4 is 15.8 Å². The molecular formula is C19H23N5OS. The number of hydrogen-bond donors (Lipinski definition) is 3. The van der Waals surface area contributed by atoms with Gasteiger partial charge in [0.2, 0.25) is 5.88 Å². The molecule has 0 spiro atoms. The number of hydrogen-bond acceptors (Lipinski definition) is 7. The van der Waals surface area contributed by atoms with Crippen molar-refractivity contribution in [1.29, 1.82) is 5.41 Å². The molecule has 4 N–H and O–H groups in total. The normalized spacial score (nSPS) is 11.1. The molecule has 0 unspecified atom stereocenters. The van der Waals surface area contributed by atoms with Crippen molar-refractivity contribution in [3.63, 3.8) is 0 Å². The molecule has 0 saturated heterocycles. The number of nitrogens with one attached hydrogen (secondary N) is 2. The first-order valence-corrected chi connectivity index (χ1v) is 8.67. The lowest BCUT2D eigenvalue weighted by Crippen LogP contribution is -2.13. The fourth-order valence-corrected chi connectivity index (χ4v) is 2.67. The summed E-state index contributed by atoms with van der Waals surface area (Å²) in [5, 5.41) is 11.0. The lowest BCUT2D eigenvalue weighted by atomic mass is 10.1. The lowest BCUT2D eigenvalue weighted by Gasteiger charge is -2.15. The molecule has 0 saturated carbocycles. The van der Waals surface area contributed by atoms with Crippen LogP contribution in [0.4, 0.5) is 5.69 Å². The number of anilines is 1. The highest BCUT2D eigenvalue weighted by Crippen LogP contribution is 2.30. The number of ether oxygens (including phenoxy) is 1. The van der Waals surface area contributed by atoms with Gasteiger partial charge < -0.3 is 21.2 Å². The van der Waals surface area contributed by atoms with E-state index in [1.54, 1.807) is 19.2 Å². The van der Waals surface area contributed by atoms with Crippen molar-refractivity contribution in [3.05, 3.63) is 47.4 Å². The topological polar surface area (TPSA) is 96.9 Å². The van der Waals surface area contributed by atoms with Crippen LogP contribution in [0, 0.1) is 12.3 Å². The van der Waals surface area contributed by atoms with Crippen molar-refractivity contribution in [1.82, 2.24) is 9.97 Å². The van der Waals surface area contributed by atoms with Gasteiger partial charge in [-0.25, -0.2) is 9.97 Å².